The molecular weight excluding hydrogens is 274 g/mol. The molecule has 0 saturated heterocycles. The fourth-order valence-electron chi connectivity index (χ4n) is 2.37. The second-order valence-corrected chi connectivity index (χ2v) is 4.88. The first-order chi connectivity index (χ1) is 10.1. The summed E-state index contributed by atoms with van der Waals surface area (Å²) in [5.41, 5.74) is 0.630. The molecule has 2 rings (SSSR count). The van der Waals surface area contributed by atoms with E-state index >= 15 is 0 Å². The Balaban J connectivity index is 2.29. The minimum atomic E-state index is -0.879. The maximum Gasteiger partial charge on any atom is 0.307 e. The molecule has 2 heterocycles. The maximum atomic E-state index is 11.5. The van der Waals surface area contributed by atoms with Gasteiger partial charge in [0.2, 0.25) is 5.56 Å². The summed E-state index contributed by atoms with van der Waals surface area (Å²) in [4.78, 5) is 25.2. The Morgan fingerprint density at radius 3 is 2.76 bits per heavy atom. The van der Waals surface area contributed by atoms with Crippen molar-refractivity contribution in [2.75, 3.05) is 0 Å². The first-order valence-electron chi connectivity index (χ1n) is 6.75. The van der Waals surface area contributed by atoms with Gasteiger partial charge in [0.05, 0.1) is 5.92 Å². The molecule has 0 aliphatic heterocycles. The lowest BCUT2D eigenvalue weighted by Gasteiger charge is -2.20. The number of carbonyl (C=O) groups is 1. The molecule has 3 N–H and O–H groups in total. The Kier molecular flexibility index (Phi) is 4.81. The highest BCUT2D eigenvalue weighted by Gasteiger charge is 2.31. The molecule has 112 valence electrons. The van der Waals surface area contributed by atoms with Gasteiger partial charge in [-0.15, -0.1) is 10.2 Å². The number of carboxylic acids is 1. The minimum absolute atomic E-state index is 0.196. The topological polar surface area (TPSA) is 125 Å². The third-order valence-electron chi connectivity index (χ3n) is 3.40. The normalized spacial score (nSPS) is 13.8. The smallest absolute Gasteiger partial charge is 0.307 e. The molecule has 0 radical (unpaired) electrons. The quantitative estimate of drug-likeness (QED) is 0.690. The maximum absolute atomic E-state index is 11.5. The molecule has 0 spiro atoms. The van der Waals surface area contributed by atoms with Crippen LogP contribution < -0.4 is 5.56 Å². The zero-order valence-corrected chi connectivity index (χ0v) is 11.6. The number of pyridine rings is 1. The van der Waals surface area contributed by atoms with Crippen molar-refractivity contribution in [1.82, 2.24) is 25.6 Å². The average Bonchev–Trinajstić information content (AvgIpc) is 2.98. The molecule has 0 amide bonds. The SMILES string of the molecule is CCCC(C(=O)O)C(Cc1ccc(=O)[nH]c1)c1nn[nH]n1. The monoisotopic (exact) mass is 291 g/mol. The highest BCUT2D eigenvalue weighted by Crippen LogP contribution is 2.29. The van der Waals surface area contributed by atoms with Gasteiger partial charge in [-0.25, -0.2) is 0 Å². The number of H-pyrrole nitrogens is 2. The zero-order valence-electron chi connectivity index (χ0n) is 11.6. The molecular formula is C13H17N5O3. The van der Waals surface area contributed by atoms with Crippen molar-refractivity contribution in [3.05, 3.63) is 40.1 Å². The Morgan fingerprint density at radius 1 is 1.43 bits per heavy atom. The van der Waals surface area contributed by atoms with Crippen LogP contribution in [0.25, 0.3) is 0 Å². The minimum Gasteiger partial charge on any atom is -0.481 e. The molecule has 2 aromatic rings. The second kappa shape index (κ2) is 6.78. The van der Waals surface area contributed by atoms with E-state index in [0.29, 0.717) is 18.7 Å². The molecule has 0 saturated carbocycles. The molecule has 0 aromatic carbocycles. The number of aromatic nitrogens is 5. The number of rotatable bonds is 7. The van der Waals surface area contributed by atoms with Gasteiger partial charge in [0.1, 0.15) is 0 Å². The molecule has 2 aromatic heterocycles. The molecule has 21 heavy (non-hydrogen) atoms. The predicted octanol–water partition coefficient (Wildman–Crippen LogP) is 0.715. The van der Waals surface area contributed by atoms with Crippen LogP contribution >= 0.6 is 0 Å². The van der Waals surface area contributed by atoms with E-state index in [4.69, 9.17) is 0 Å². The molecule has 2 unspecified atom stereocenters. The molecule has 8 nitrogen and oxygen atoms in total. The summed E-state index contributed by atoms with van der Waals surface area (Å²) in [5, 5.41) is 23.2. The molecule has 8 heteroatoms. The van der Waals surface area contributed by atoms with Crippen LogP contribution in [-0.4, -0.2) is 36.7 Å². The summed E-state index contributed by atoms with van der Waals surface area (Å²) in [6.07, 6.45) is 3.28. The van der Waals surface area contributed by atoms with E-state index < -0.39 is 17.8 Å². The van der Waals surface area contributed by atoms with Crippen LogP contribution in [-0.2, 0) is 11.2 Å². The number of hydrogen-bond donors (Lipinski definition) is 3. The van der Waals surface area contributed by atoms with E-state index in [2.05, 4.69) is 25.6 Å². The van der Waals surface area contributed by atoms with E-state index in [1.54, 1.807) is 12.3 Å². The van der Waals surface area contributed by atoms with E-state index in [1.165, 1.54) is 6.07 Å². The van der Waals surface area contributed by atoms with E-state index in [1.807, 2.05) is 6.92 Å². The molecule has 0 bridgehead atoms. The van der Waals surface area contributed by atoms with Crippen LogP contribution in [0.3, 0.4) is 0 Å². The van der Waals surface area contributed by atoms with Gasteiger partial charge in [-0.1, -0.05) is 24.6 Å². The predicted molar refractivity (Wildman–Crippen MR) is 73.7 cm³/mol. The highest BCUT2D eigenvalue weighted by molar-refractivity contribution is 5.71. The van der Waals surface area contributed by atoms with Gasteiger partial charge in [-0.2, -0.15) is 5.21 Å². The summed E-state index contributed by atoms with van der Waals surface area (Å²) < 4.78 is 0. The molecule has 0 aliphatic rings. The first kappa shape index (κ1) is 14.9. The lowest BCUT2D eigenvalue weighted by molar-refractivity contribution is -0.142. The van der Waals surface area contributed by atoms with E-state index in [9.17, 15) is 14.7 Å². The van der Waals surface area contributed by atoms with Gasteiger partial charge in [0.15, 0.2) is 5.82 Å². The van der Waals surface area contributed by atoms with Crippen molar-refractivity contribution in [3.8, 4) is 0 Å². The number of hydrogen-bond acceptors (Lipinski definition) is 5. The van der Waals surface area contributed by atoms with Crippen molar-refractivity contribution >= 4 is 5.97 Å². The van der Waals surface area contributed by atoms with Crippen LogP contribution in [0.15, 0.2) is 23.1 Å². The van der Waals surface area contributed by atoms with E-state index in [0.717, 1.165) is 12.0 Å². The number of aromatic amines is 2. The fourth-order valence-corrected chi connectivity index (χ4v) is 2.37. The summed E-state index contributed by atoms with van der Waals surface area (Å²) >= 11 is 0. The number of tetrazole rings is 1. The first-order valence-corrected chi connectivity index (χ1v) is 6.75. The number of carboxylic acid groups (broad SMARTS) is 1. The van der Waals surface area contributed by atoms with Gasteiger partial charge in [-0.3, -0.25) is 9.59 Å². The standard InChI is InChI=1S/C13H17N5O3/c1-2-3-9(13(20)21)10(12-15-17-18-16-12)6-8-4-5-11(19)14-7-8/h4-5,7,9-10H,2-3,6H2,1H3,(H,14,19)(H,20,21)(H,15,16,17,18). The van der Waals surface area contributed by atoms with E-state index in [-0.39, 0.29) is 5.56 Å². The zero-order chi connectivity index (χ0) is 15.2. The van der Waals surface area contributed by atoms with Gasteiger partial charge < -0.3 is 10.1 Å². The average molecular weight is 291 g/mol. The Hall–Kier alpha value is -2.51. The summed E-state index contributed by atoms with van der Waals surface area (Å²) in [7, 11) is 0. The van der Waals surface area contributed by atoms with Crippen molar-refractivity contribution in [3.63, 3.8) is 0 Å². The number of nitrogens with zero attached hydrogens (tertiary/aromatic N) is 3. The van der Waals surface area contributed by atoms with Crippen molar-refractivity contribution in [1.29, 1.82) is 0 Å². The fraction of sp³-hybridized carbons (Fsp3) is 0.462. The Labute approximate surface area is 120 Å². The molecule has 2 atom stereocenters. The number of nitrogens with one attached hydrogen (secondary N) is 2. The lowest BCUT2D eigenvalue weighted by Crippen LogP contribution is -2.25. The van der Waals surface area contributed by atoms with Crippen LogP contribution in [0.5, 0.6) is 0 Å². The van der Waals surface area contributed by atoms with Gasteiger partial charge in [-0.05, 0) is 18.4 Å². The van der Waals surface area contributed by atoms with Gasteiger partial charge in [0.25, 0.3) is 0 Å². The second-order valence-electron chi connectivity index (χ2n) is 4.88. The summed E-state index contributed by atoms with van der Waals surface area (Å²) in [6.45, 7) is 1.93. The Morgan fingerprint density at radius 2 is 2.24 bits per heavy atom. The third kappa shape index (κ3) is 3.74. The van der Waals surface area contributed by atoms with Crippen LogP contribution in [0.1, 0.15) is 37.1 Å². The Bertz CT molecular complexity index is 617. The van der Waals surface area contributed by atoms with Crippen LogP contribution in [0.4, 0.5) is 0 Å². The largest absolute Gasteiger partial charge is 0.481 e. The number of aliphatic carboxylic acids is 1. The van der Waals surface area contributed by atoms with Crippen LogP contribution in [0, 0.1) is 5.92 Å². The van der Waals surface area contributed by atoms with Gasteiger partial charge >= 0.3 is 5.97 Å². The van der Waals surface area contributed by atoms with Crippen molar-refractivity contribution < 1.29 is 9.90 Å². The molecule has 0 aliphatic carbocycles. The third-order valence-corrected chi connectivity index (χ3v) is 3.40. The van der Waals surface area contributed by atoms with Crippen molar-refractivity contribution in [2.45, 2.75) is 32.1 Å². The van der Waals surface area contributed by atoms with Crippen molar-refractivity contribution in [2.24, 2.45) is 5.92 Å². The lowest BCUT2D eigenvalue weighted by atomic mass is 9.83. The summed E-state index contributed by atoms with van der Waals surface area (Å²) in [6, 6.07) is 3.09. The van der Waals surface area contributed by atoms with Gasteiger partial charge in [0, 0.05) is 18.2 Å². The summed E-state index contributed by atoms with van der Waals surface area (Å²) in [5.74, 6) is -1.50. The highest BCUT2D eigenvalue weighted by atomic mass is 16.4. The molecule has 0 fully saturated rings. The van der Waals surface area contributed by atoms with Crippen LogP contribution in [0.2, 0.25) is 0 Å².